The molecule has 1 saturated carbocycles. The third kappa shape index (κ3) is 1.79. The van der Waals surface area contributed by atoms with Crippen molar-refractivity contribution in [1.29, 1.82) is 0 Å². The standard InChI is InChI=1S/C14H17NO/c15-12-7-10(8-12)9-14-13-4-2-1-3-11(13)5-6-16-14/h1-4,9,12,14H,5-8,15H2. The smallest absolute Gasteiger partial charge is 0.101 e. The molecule has 1 unspecified atom stereocenters. The van der Waals surface area contributed by atoms with Crippen LogP contribution in [-0.2, 0) is 11.2 Å². The van der Waals surface area contributed by atoms with Crippen molar-refractivity contribution < 1.29 is 4.74 Å². The molecule has 1 fully saturated rings. The SMILES string of the molecule is NC1CC(=CC2OCCc3ccccc32)C1. The molecule has 2 N–H and O–H groups in total. The first-order valence-corrected chi connectivity index (χ1v) is 5.97. The Morgan fingerprint density at radius 1 is 1.25 bits per heavy atom. The van der Waals surface area contributed by atoms with Crippen LogP contribution in [0.3, 0.4) is 0 Å². The van der Waals surface area contributed by atoms with E-state index in [2.05, 4.69) is 30.3 Å². The summed E-state index contributed by atoms with van der Waals surface area (Å²) in [7, 11) is 0. The molecule has 16 heavy (non-hydrogen) atoms. The molecule has 0 saturated heterocycles. The van der Waals surface area contributed by atoms with Crippen LogP contribution < -0.4 is 5.73 Å². The third-order valence-corrected chi connectivity index (χ3v) is 3.47. The summed E-state index contributed by atoms with van der Waals surface area (Å²) in [5.41, 5.74) is 10.0. The molecule has 1 aliphatic carbocycles. The van der Waals surface area contributed by atoms with Gasteiger partial charge in [-0.25, -0.2) is 0 Å². The molecule has 1 atom stereocenters. The van der Waals surface area contributed by atoms with Crippen molar-refractivity contribution in [1.82, 2.24) is 0 Å². The molecule has 0 bridgehead atoms. The van der Waals surface area contributed by atoms with Crippen molar-refractivity contribution in [3.05, 3.63) is 47.0 Å². The van der Waals surface area contributed by atoms with Gasteiger partial charge in [0.2, 0.25) is 0 Å². The maximum absolute atomic E-state index is 5.83. The van der Waals surface area contributed by atoms with Crippen LogP contribution >= 0.6 is 0 Å². The first-order valence-electron chi connectivity index (χ1n) is 5.97. The molecule has 2 aliphatic rings. The Kier molecular flexibility index (Phi) is 2.54. The molecule has 0 amide bonds. The first-order chi connectivity index (χ1) is 7.83. The molecule has 2 nitrogen and oxygen atoms in total. The lowest BCUT2D eigenvalue weighted by Gasteiger charge is -2.29. The molecule has 1 aromatic carbocycles. The highest BCUT2D eigenvalue weighted by Gasteiger charge is 2.23. The van der Waals surface area contributed by atoms with E-state index in [0.717, 1.165) is 25.9 Å². The van der Waals surface area contributed by atoms with E-state index in [1.807, 2.05) is 0 Å². The lowest BCUT2D eigenvalue weighted by atomic mass is 9.84. The van der Waals surface area contributed by atoms with Crippen molar-refractivity contribution in [2.75, 3.05) is 6.61 Å². The van der Waals surface area contributed by atoms with E-state index < -0.39 is 0 Å². The second-order valence-electron chi connectivity index (χ2n) is 4.73. The number of benzene rings is 1. The molecule has 2 heteroatoms. The normalized spacial score (nSPS) is 28.2. The van der Waals surface area contributed by atoms with Crippen LogP contribution in [0.5, 0.6) is 0 Å². The van der Waals surface area contributed by atoms with E-state index in [-0.39, 0.29) is 6.10 Å². The number of rotatable bonds is 1. The van der Waals surface area contributed by atoms with Gasteiger partial charge >= 0.3 is 0 Å². The summed E-state index contributed by atoms with van der Waals surface area (Å²) in [6.07, 6.45) is 5.55. The monoisotopic (exact) mass is 215 g/mol. The lowest BCUT2D eigenvalue weighted by molar-refractivity contribution is 0.0737. The van der Waals surface area contributed by atoms with Crippen molar-refractivity contribution >= 4 is 0 Å². The Bertz CT molecular complexity index is 416. The minimum atomic E-state index is 0.160. The maximum Gasteiger partial charge on any atom is 0.101 e. The van der Waals surface area contributed by atoms with E-state index in [9.17, 15) is 0 Å². The van der Waals surface area contributed by atoms with Gasteiger partial charge in [0.05, 0.1) is 6.61 Å². The Morgan fingerprint density at radius 2 is 2.06 bits per heavy atom. The molecular weight excluding hydrogens is 198 g/mol. The summed E-state index contributed by atoms with van der Waals surface area (Å²) in [4.78, 5) is 0. The predicted molar refractivity (Wildman–Crippen MR) is 64.1 cm³/mol. The summed E-state index contributed by atoms with van der Waals surface area (Å²) in [6.45, 7) is 0.831. The predicted octanol–water partition coefficient (Wildman–Crippen LogP) is 2.35. The van der Waals surface area contributed by atoms with Gasteiger partial charge < -0.3 is 10.5 Å². The molecule has 3 rings (SSSR count). The minimum absolute atomic E-state index is 0.160. The van der Waals surface area contributed by atoms with Crippen molar-refractivity contribution in [2.24, 2.45) is 5.73 Å². The van der Waals surface area contributed by atoms with Gasteiger partial charge in [0.1, 0.15) is 6.10 Å². The zero-order chi connectivity index (χ0) is 11.0. The van der Waals surface area contributed by atoms with E-state index in [0.29, 0.717) is 6.04 Å². The second kappa shape index (κ2) is 4.04. The van der Waals surface area contributed by atoms with Crippen LogP contribution in [0.1, 0.15) is 30.1 Å². The molecule has 0 aromatic heterocycles. The Labute approximate surface area is 96.1 Å². The highest BCUT2D eigenvalue weighted by Crippen LogP contribution is 2.33. The first kappa shape index (κ1) is 10.1. The number of fused-ring (bicyclic) bond motifs is 1. The summed E-state index contributed by atoms with van der Waals surface area (Å²) in [5.74, 6) is 0. The van der Waals surface area contributed by atoms with Crippen LogP contribution in [0.4, 0.5) is 0 Å². The van der Waals surface area contributed by atoms with Gasteiger partial charge in [-0.2, -0.15) is 0 Å². The molecule has 1 aromatic rings. The average molecular weight is 215 g/mol. The van der Waals surface area contributed by atoms with Crippen molar-refractivity contribution in [2.45, 2.75) is 31.4 Å². The molecule has 1 aliphatic heterocycles. The fourth-order valence-electron chi connectivity index (χ4n) is 2.53. The minimum Gasteiger partial charge on any atom is -0.369 e. The number of ether oxygens (including phenoxy) is 1. The van der Waals surface area contributed by atoms with Gasteiger partial charge in [0.15, 0.2) is 0 Å². The maximum atomic E-state index is 5.83. The van der Waals surface area contributed by atoms with Gasteiger partial charge in [-0.05, 0) is 30.4 Å². The van der Waals surface area contributed by atoms with Crippen LogP contribution in [-0.4, -0.2) is 12.6 Å². The number of hydrogen-bond acceptors (Lipinski definition) is 2. The molecule has 0 spiro atoms. The van der Waals surface area contributed by atoms with Crippen LogP contribution in [0.25, 0.3) is 0 Å². The molecule has 0 radical (unpaired) electrons. The van der Waals surface area contributed by atoms with E-state index >= 15 is 0 Å². The summed E-state index contributed by atoms with van der Waals surface area (Å²) < 4.78 is 5.83. The van der Waals surface area contributed by atoms with Gasteiger partial charge in [-0.1, -0.05) is 35.9 Å². The highest BCUT2D eigenvalue weighted by molar-refractivity contribution is 5.34. The molecule has 84 valence electrons. The fourth-order valence-corrected chi connectivity index (χ4v) is 2.53. The summed E-state index contributed by atoms with van der Waals surface area (Å²) in [6, 6.07) is 8.95. The van der Waals surface area contributed by atoms with Crippen LogP contribution in [0.15, 0.2) is 35.9 Å². The largest absolute Gasteiger partial charge is 0.369 e. The average Bonchev–Trinajstić information content (AvgIpc) is 2.27. The van der Waals surface area contributed by atoms with E-state index in [1.165, 1.54) is 16.7 Å². The number of hydrogen-bond donors (Lipinski definition) is 1. The Hall–Kier alpha value is -1.12. The lowest BCUT2D eigenvalue weighted by Crippen LogP contribution is -2.30. The van der Waals surface area contributed by atoms with Gasteiger partial charge in [0, 0.05) is 6.04 Å². The zero-order valence-corrected chi connectivity index (χ0v) is 9.36. The van der Waals surface area contributed by atoms with Gasteiger partial charge in [-0.15, -0.1) is 0 Å². The summed E-state index contributed by atoms with van der Waals surface area (Å²) >= 11 is 0. The van der Waals surface area contributed by atoms with Crippen LogP contribution in [0, 0.1) is 0 Å². The number of nitrogens with two attached hydrogens (primary N) is 1. The van der Waals surface area contributed by atoms with E-state index in [4.69, 9.17) is 10.5 Å². The fraction of sp³-hybridized carbons (Fsp3) is 0.429. The Balaban J connectivity index is 1.85. The third-order valence-electron chi connectivity index (χ3n) is 3.47. The van der Waals surface area contributed by atoms with Gasteiger partial charge in [-0.3, -0.25) is 0 Å². The van der Waals surface area contributed by atoms with Gasteiger partial charge in [0.25, 0.3) is 0 Å². The van der Waals surface area contributed by atoms with Crippen LogP contribution in [0.2, 0.25) is 0 Å². The Morgan fingerprint density at radius 3 is 2.88 bits per heavy atom. The zero-order valence-electron chi connectivity index (χ0n) is 9.36. The molecule has 1 heterocycles. The van der Waals surface area contributed by atoms with E-state index in [1.54, 1.807) is 0 Å². The van der Waals surface area contributed by atoms with Crippen molar-refractivity contribution in [3.63, 3.8) is 0 Å². The second-order valence-corrected chi connectivity index (χ2v) is 4.73. The molecular formula is C14H17NO. The summed E-state index contributed by atoms with van der Waals surface area (Å²) in [5, 5.41) is 0. The van der Waals surface area contributed by atoms with Crippen molar-refractivity contribution in [3.8, 4) is 0 Å². The topological polar surface area (TPSA) is 35.2 Å². The highest BCUT2D eigenvalue weighted by atomic mass is 16.5. The quantitative estimate of drug-likeness (QED) is 0.730.